The van der Waals surface area contributed by atoms with E-state index in [0.29, 0.717) is 5.56 Å². The molecule has 0 amide bonds. The first-order valence-corrected chi connectivity index (χ1v) is 9.34. The molecule has 26 heavy (non-hydrogen) atoms. The summed E-state index contributed by atoms with van der Waals surface area (Å²) < 4.78 is 3.22. The number of para-hydroxylation sites is 2. The van der Waals surface area contributed by atoms with Crippen molar-refractivity contribution in [1.29, 1.82) is 5.26 Å². The van der Waals surface area contributed by atoms with E-state index in [1.807, 2.05) is 25.1 Å². The molecule has 1 aliphatic heterocycles. The highest BCUT2D eigenvalue weighted by atomic mass is 79.9. The van der Waals surface area contributed by atoms with Crippen LogP contribution >= 0.6 is 15.9 Å². The molecule has 2 aromatic carbocycles. The number of pyridine rings is 1. The number of nitrogens with zero attached hydrogens (tertiary/aromatic N) is 4. The zero-order chi connectivity index (χ0) is 17.8. The summed E-state index contributed by atoms with van der Waals surface area (Å²) in [5, 5.41) is 9.76. The Morgan fingerprint density at radius 1 is 1.12 bits per heavy atom. The number of hydrogen-bond acceptors (Lipinski definition) is 3. The minimum atomic E-state index is 0.678. The Morgan fingerprint density at radius 3 is 2.65 bits per heavy atom. The van der Waals surface area contributed by atoms with Crippen molar-refractivity contribution in [2.45, 2.75) is 13.3 Å². The van der Waals surface area contributed by atoms with Crippen LogP contribution in [0, 0.1) is 18.3 Å². The highest BCUT2D eigenvalue weighted by molar-refractivity contribution is 9.10. The Balaban J connectivity index is 1.91. The molecular formula is C21H15BrN4. The molecule has 126 valence electrons. The minimum Gasteiger partial charge on any atom is -0.327 e. The Kier molecular flexibility index (Phi) is 3.31. The smallest absolute Gasteiger partial charge is 0.157 e. The van der Waals surface area contributed by atoms with Crippen LogP contribution in [0.4, 0.5) is 11.5 Å². The third-order valence-corrected chi connectivity index (χ3v) is 5.71. The van der Waals surface area contributed by atoms with Gasteiger partial charge in [-0.15, -0.1) is 0 Å². The third kappa shape index (κ3) is 2.03. The van der Waals surface area contributed by atoms with Crippen molar-refractivity contribution in [3.05, 3.63) is 69.7 Å². The van der Waals surface area contributed by atoms with Gasteiger partial charge in [0.05, 0.1) is 16.6 Å². The molecule has 0 radical (unpaired) electrons. The summed E-state index contributed by atoms with van der Waals surface area (Å²) in [4.78, 5) is 7.10. The number of anilines is 2. The van der Waals surface area contributed by atoms with E-state index in [9.17, 15) is 5.26 Å². The van der Waals surface area contributed by atoms with Gasteiger partial charge in [0.25, 0.3) is 0 Å². The van der Waals surface area contributed by atoms with Crippen molar-refractivity contribution in [1.82, 2.24) is 9.38 Å². The SMILES string of the molecule is Cc1c2c(n3c(nc4ccccc43)c1C#N)N(c1ccc(Br)cc1)CC2. The number of nitriles is 1. The number of hydrogen-bond donors (Lipinski definition) is 0. The molecule has 5 heteroatoms. The minimum absolute atomic E-state index is 0.678. The zero-order valence-corrected chi connectivity index (χ0v) is 15.8. The molecule has 3 heterocycles. The van der Waals surface area contributed by atoms with Gasteiger partial charge in [0.2, 0.25) is 0 Å². The average molecular weight is 403 g/mol. The molecule has 4 aromatic rings. The first-order valence-electron chi connectivity index (χ1n) is 8.55. The van der Waals surface area contributed by atoms with Crippen LogP contribution in [0.2, 0.25) is 0 Å². The molecule has 0 bridgehead atoms. The van der Waals surface area contributed by atoms with Gasteiger partial charge in [-0.25, -0.2) is 4.98 Å². The standard InChI is InChI=1S/C21H15BrN4/c1-13-16-10-11-25(15-8-6-14(22)7-9-15)21(16)26-19-5-3-2-4-18(19)24-20(26)17(13)12-23/h2-9H,10-11H2,1H3. The molecular weight excluding hydrogens is 388 g/mol. The topological polar surface area (TPSA) is 44.3 Å². The number of imidazole rings is 1. The van der Waals surface area contributed by atoms with E-state index in [1.165, 1.54) is 5.56 Å². The van der Waals surface area contributed by atoms with E-state index in [0.717, 1.165) is 51.2 Å². The number of rotatable bonds is 1. The highest BCUT2D eigenvalue weighted by Gasteiger charge is 2.29. The first-order chi connectivity index (χ1) is 12.7. The molecule has 0 unspecified atom stereocenters. The Morgan fingerprint density at radius 2 is 1.88 bits per heavy atom. The number of benzene rings is 2. The molecule has 4 nitrogen and oxygen atoms in total. The summed E-state index contributed by atoms with van der Waals surface area (Å²) in [6.07, 6.45) is 0.925. The molecule has 0 saturated carbocycles. The van der Waals surface area contributed by atoms with Gasteiger partial charge in [-0.3, -0.25) is 4.40 Å². The lowest BCUT2D eigenvalue weighted by Gasteiger charge is -2.22. The molecule has 0 aliphatic carbocycles. The normalized spacial score (nSPS) is 13.3. The molecule has 0 saturated heterocycles. The average Bonchev–Trinajstić information content (AvgIpc) is 3.24. The van der Waals surface area contributed by atoms with Crippen molar-refractivity contribution in [3.8, 4) is 6.07 Å². The van der Waals surface area contributed by atoms with Crippen LogP contribution in [0.3, 0.4) is 0 Å². The number of halogens is 1. The van der Waals surface area contributed by atoms with Gasteiger partial charge in [-0.1, -0.05) is 28.1 Å². The Labute approximate surface area is 159 Å². The fourth-order valence-electron chi connectivity index (χ4n) is 3.95. The highest BCUT2D eigenvalue weighted by Crippen LogP contribution is 2.40. The summed E-state index contributed by atoms with van der Waals surface area (Å²) in [7, 11) is 0. The maximum absolute atomic E-state index is 9.76. The van der Waals surface area contributed by atoms with Gasteiger partial charge in [0.15, 0.2) is 5.65 Å². The van der Waals surface area contributed by atoms with Crippen molar-refractivity contribution in [3.63, 3.8) is 0 Å². The lowest BCUT2D eigenvalue weighted by atomic mass is 10.0. The lowest BCUT2D eigenvalue weighted by molar-refractivity contribution is 0.983. The van der Waals surface area contributed by atoms with Gasteiger partial charge in [-0.2, -0.15) is 5.26 Å². The van der Waals surface area contributed by atoms with Crippen LogP contribution in [-0.4, -0.2) is 15.9 Å². The molecule has 0 atom stereocenters. The maximum atomic E-state index is 9.76. The molecule has 0 fully saturated rings. The fraction of sp³-hybridized carbons (Fsp3) is 0.143. The molecule has 0 spiro atoms. The summed E-state index contributed by atoms with van der Waals surface area (Å²) >= 11 is 3.51. The summed E-state index contributed by atoms with van der Waals surface area (Å²) in [5.74, 6) is 1.13. The molecule has 0 N–H and O–H groups in total. The molecule has 2 aromatic heterocycles. The van der Waals surface area contributed by atoms with Crippen molar-refractivity contribution < 1.29 is 0 Å². The second-order valence-corrected chi connectivity index (χ2v) is 7.47. The Hall–Kier alpha value is -2.84. The second kappa shape index (κ2) is 5.58. The largest absolute Gasteiger partial charge is 0.327 e. The first kappa shape index (κ1) is 15.4. The van der Waals surface area contributed by atoms with Crippen LogP contribution in [0.5, 0.6) is 0 Å². The van der Waals surface area contributed by atoms with Crippen molar-refractivity contribution in [2.24, 2.45) is 0 Å². The van der Waals surface area contributed by atoms with Crippen LogP contribution in [0.15, 0.2) is 53.0 Å². The van der Waals surface area contributed by atoms with Crippen LogP contribution in [-0.2, 0) is 6.42 Å². The summed E-state index contributed by atoms with van der Waals surface area (Å²) in [6.45, 7) is 2.94. The third-order valence-electron chi connectivity index (χ3n) is 5.18. The van der Waals surface area contributed by atoms with E-state index in [-0.39, 0.29) is 0 Å². The van der Waals surface area contributed by atoms with Gasteiger partial charge >= 0.3 is 0 Å². The number of fused-ring (bicyclic) bond motifs is 5. The van der Waals surface area contributed by atoms with Crippen LogP contribution < -0.4 is 4.90 Å². The predicted octanol–water partition coefficient (Wildman–Crippen LogP) is 5.12. The fourth-order valence-corrected chi connectivity index (χ4v) is 4.21. The predicted molar refractivity (Wildman–Crippen MR) is 107 cm³/mol. The van der Waals surface area contributed by atoms with E-state index in [4.69, 9.17) is 4.98 Å². The quantitative estimate of drug-likeness (QED) is 0.443. The Bertz CT molecular complexity index is 1220. The van der Waals surface area contributed by atoms with Crippen molar-refractivity contribution >= 4 is 44.1 Å². The second-order valence-electron chi connectivity index (χ2n) is 6.55. The molecule has 1 aliphatic rings. The summed E-state index contributed by atoms with van der Waals surface area (Å²) in [5.41, 5.74) is 6.81. The van der Waals surface area contributed by atoms with E-state index < -0.39 is 0 Å². The van der Waals surface area contributed by atoms with E-state index in [1.54, 1.807) is 0 Å². The molecule has 5 rings (SSSR count). The lowest BCUT2D eigenvalue weighted by Crippen LogP contribution is -2.16. The van der Waals surface area contributed by atoms with E-state index >= 15 is 0 Å². The zero-order valence-electron chi connectivity index (χ0n) is 14.2. The van der Waals surface area contributed by atoms with Gasteiger partial charge in [-0.05, 0) is 60.9 Å². The monoisotopic (exact) mass is 402 g/mol. The number of aromatic nitrogens is 2. The van der Waals surface area contributed by atoms with Crippen molar-refractivity contribution in [2.75, 3.05) is 11.4 Å². The van der Waals surface area contributed by atoms with E-state index in [2.05, 4.69) is 61.6 Å². The van der Waals surface area contributed by atoms with Gasteiger partial charge in [0.1, 0.15) is 11.9 Å². The van der Waals surface area contributed by atoms with Gasteiger partial charge in [0, 0.05) is 16.7 Å². The van der Waals surface area contributed by atoms with Gasteiger partial charge < -0.3 is 4.90 Å². The summed E-state index contributed by atoms with van der Waals surface area (Å²) in [6, 6.07) is 18.8. The van der Waals surface area contributed by atoms with Crippen LogP contribution in [0.1, 0.15) is 16.7 Å². The maximum Gasteiger partial charge on any atom is 0.157 e. The van der Waals surface area contributed by atoms with Crippen LogP contribution in [0.25, 0.3) is 16.7 Å².